The van der Waals surface area contributed by atoms with Crippen molar-refractivity contribution in [3.05, 3.63) is 182 Å². The van der Waals surface area contributed by atoms with Crippen LogP contribution in [0.2, 0.25) is 0 Å². The average molecular weight is 639 g/mol. The van der Waals surface area contributed by atoms with Crippen molar-refractivity contribution in [2.75, 3.05) is 0 Å². The fraction of sp³-hybridized carbons (Fsp3) is 0. The highest BCUT2D eigenvalue weighted by Gasteiger charge is 2.16. The molecule has 0 N–H and O–H groups in total. The predicted molar refractivity (Wildman–Crippen MR) is 207 cm³/mol. The Morgan fingerprint density at radius 1 is 0.340 bits per heavy atom. The molecule has 0 radical (unpaired) electrons. The van der Waals surface area contributed by atoms with Crippen molar-refractivity contribution in [1.29, 1.82) is 0 Å². The van der Waals surface area contributed by atoms with E-state index in [-0.39, 0.29) is 0 Å². The summed E-state index contributed by atoms with van der Waals surface area (Å²) in [7, 11) is 0. The molecule has 0 spiro atoms. The van der Waals surface area contributed by atoms with Gasteiger partial charge in [-0.2, -0.15) is 0 Å². The lowest BCUT2D eigenvalue weighted by Crippen LogP contribution is -2.01. The Morgan fingerprint density at radius 2 is 0.880 bits per heavy atom. The van der Waals surface area contributed by atoms with Gasteiger partial charge >= 0.3 is 0 Å². The summed E-state index contributed by atoms with van der Waals surface area (Å²) in [5.74, 6) is 0.661. The highest BCUT2D eigenvalue weighted by molar-refractivity contribution is 6.11. The van der Waals surface area contributed by atoms with Crippen molar-refractivity contribution in [2.24, 2.45) is 0 Å². The summed E-state index contributed by atoms with van der Waals surface area (Å²) < 4.78 is 4.55. The molecular formula is C46H30N4. The molecule has 3 aromatic heterocycles. The minimum Gasteiger partial charge on any atom is -0.309 e. The van der Waals surface area contributed by atoms with Crippen molar-refractivity contribution >= 4 is 43.6 Å². The second kappa shape index (κ2) is 11.4. The number of benzene rings is 7. The SMILES string of the molecule is c1ccc(-c2ccnc(-n3c4ccccc4c4ccc(-c5ccc(-c6ccc7c(c6)c6ccccc6n7-c6ccccc6)cc5)cc43)n2)cc1. The Balaban J connectivity index is 1.06. The molecule has 0 saturated heterocycles. The third kappa shape index (κ3) is 4.54. The molecule has 3 heterocycles. The molecule has 10 rings (SSSR count). The molecule has 0 aliphatic heterocycles. The summed E-state index contributed by atoms with van der Waals surface area (Å²) in [6.07, 6.45) is 1.85. The van der Waals surface area contributed by atoms with Gasteiger partial charge in [0.1, 0.15) is 0 Å². The number of fused-ring (bicyclic) bond motifs is 6. The van der Waals surface area contributed by atoms with Gasteiger partial charge in [-0.05, 0) is 70.8 Å². The van der Waals surface area contributed by atoms with Crippen LogP contribution in [0.4, 0.5) is 0 Å². The summed E-state index contributed by atoms with van der Waals surface area (Å²) >= 11 is 0. The molecule has 0 fully saturated rings. The van der Waals surface area contributed by atoms with Crippen LogP contribution in [0.15, 0.2) is 182 Å². The Bertz CT molecular complexity index is 2850. The Hall–Kier alpha value is -6.78. The van der Waals surface area contributed by atoms with Gasteiger partial charge in [0.15, 0.2) is 0 Å². The third-order valence-electron chi connectivity index (χ3n) is 9.82. The van der Waals surface area contributed by atoms with Crippen LogP contribution in [0.5, 0.6) is 0 Å². The van der Waals surface area contributed by atoms with Gasteiger partial charge in [-0.15, -0.1) is 0 Å². The zero-order chi connectivity index (χ0) is 33.0. The number of rotatable bonds is 5. The van der Waals surface area contributed by atoms with Crippen LogP contribution in [-0.2, 0) is 0 Å². The largest absolute Gasteiger partial charge is 0.309 e. The van der Waals surface area contributed by atoms with Gasteiger partial charge in [0.2, 0.25) is 5.95 Å². The number of hydrogen-bond acceptors (Lipinski definition) is 2. The molecule has 50 heavy (non-hydrogen) atoms. The maximum absolute atomic E-state index is 5.04. The van der Waals surface area contributed by atoms with E-state index >= 15 is 0 Å². The lowest BCUT2D eigenvalue weighted by atomic mass is 9.98. The second-order valence-electron chi connectivity index (χ2n) is 12.7. The molecule has 234 valence electrons. The normalized spacial score (nSPS) is 11.6. The lowest BCUT2D eigenvalue weighted by Gasteiger charge is -2.10. The quantitative estimate of drug-likeness (QED) is 0.188. The highest BCUT2D eigenvalue weighted by atomic mass is 15.2. The van der Waals surface area contributed by atoms with Gasteiger partial charge in [0.05, 0.1) is 27.8 Å². The monoisotopic (exact) mass is 638 g/mol. The first-order chi connectivity index (χ1) is 24.8. The summed E-state index contributed by atoms with van der Waals surface area (Å²) in [4.78, 5) is 9.81. The van der Waals surface area contributed by atoms with Crippen molar-refractivity contribution in [3.8, 4) is 45.1 Å². The molecule has 0 bridgehead atoms. The molecule has 4 heteroatoms. The maximum atomic E-state index is 5.04. The average Bonchev–Trinajstić information content (AvgIpc) is 3.71. The molecule has 4 nitrogen and oxygen atoms in total. The third-order valence-corrected chi connectivity index (χ3v) is 9.82. The van der Waals surface area contributed by atoms with Gasteiger partial charge < -0.3 is 4.57 Å². The zero-order valence-corrected chi connectivity index (χ0v) is 27.1. The van der Waals surface area contributed by atoms with E-state index in [1.165, 1.54) is 49.4 Å². The van der Waals surface area contributed by atoms with E-state index in [4.69, 9.17) is 9.97 Å². The van der Waals surface area contributed by atoms with E-state index in [0.29, 0.717) is 5.95 Å². The zero-order valence-electron chi connectivity index (χ0n) is 27.1. The smallest absolute Gasteiger partial charge is 0.235 e. The Kier molecular flexibility index (Phi) is 6.46. The fourth-order valence-corrected chi connectivity index (χ4v) is 7.45. The van der Waals surface area contributed by atoms with E-state index < -0.39 is 0 Å². The predicted octanol–water partition coefficient (Wildman–Crippen LogP) is 11.7. The molecule has 0 aliphatic rings. The molecule has 0 saturated carbocycles. The van der Waals surface area contributed by atoms with Gasteiger partial charge in [-0.3, -0.25) is 4.57 Å². The van der Waals surface area contributed by atoms with Crippen molar-refractivity contribution in [3.63, 3.8) is 0 Å². The molecule has 7 aromatic carbocycles. The molecule has 0 atom stereocenters. The first kappa shape index (κ1) is 28.3. The van der Waals surface area contributed by atoms with E-state index in [0.717, 1.165) is 33.4 Å². The molecule has 10 aromatic rings. The minimum atomic E-state index is 0.661. The molecule has 0 amide bonds. The summed E-state index contributed by atoms with van der Waals surface area (Å²) in [6, 6.07) is 62.5. The van der Waals surface area contributed by atoms with Gasteiger partial charge in [0, 0.05) is 39.0 Å². The maximum Gasteiger partial charge on any atom is 0.235 e. The van der Waals surface area contributed by atoms with Crippen LogP contribution in [0, 0.1) is 0 Å². The van der Waals surface area contributed by atoms with Gasteiger partial charge in [-0.1, -0.05) is 127 Å². The van der Waals surface area contributed by atoms with Crippen LogP contribution < -0.4 is 0 Å². The standard InChI is InChI=1S/C46H30N4/c1-3-11-33(12-4-1)41-27-28-47-46(48-41)50-43-18-10-7-15-37(43)39-25-23-35(30-45(39)50)32-21-19-31(20-22-32)34-24-26-44-40(29-34)38-16-8-9-17-42(38)49(44)36-13-5-2-6-14-36/h1-30H. The van der Waals surface area contributed by atoms with Crippen molar-refractivity contribution in [1.82, 2.24) is 19.1 Å². The number of aromatic nitrogens is 4. The summed E-state index contributed by atoms with van der Waals surface area (Å²) in [6.45, 7) is 0. The molecule has 0 unspecified atom stereocenters. The van der Waals surface area contributed by atoms with Crippen LogP contribution >= 0.6 is 0 Å². The van der Waals surface area contributed by atoms with E-state index in [2.05, 4.69) is 161 Å². The Morgan fingerprint density at radius 3 is 1.62 bits per heavy atom. The number of hydrogen-bond donors (Lipinski definition) is 0. The minimum absolute atomic E-state index is 0.661. The molecular weight excluding hydrogens is 609 g/mol. The number of nitrogens with zero attached hydrogens (tertiary/aromatic N) is 4. The summed E-state index contributed by atoms with van der Waals surface area (Å²) in [5.41, 5.74) is 12.4. The van der Waals surface area contributed by atoms with Crippen molar-refractivity contribution < 1.29 is 0 Å². The van der Waals surface area contributed by atoms with E-state index in [9.17, 15) is 0 Å². The Labute approximate surface area is 289 Å². The van der Waals surface area contributed by atoms with Gasteiger partial charge in [-0.25, -0.2) is 9.97 Å². The van der Waals surface area contributed by atoms with E-state index in [1.54, 1.807) is 0 Å². The van der Waals surface area contributed by atoms with Crippen LogP contribution in [0.1, 0.15) is 0 Å². The topological polar surface area (TPSA) is 35.6 Å². The van der Waals surface area contributed by atoms with Crippen molar-refractivity contribution in [2.45, 2.75) is 0 Å². The fourth-order valence-electron chi connectivity index (χ4n) is 7.45. The first-order valence-electron chi connectivity index (χ1n) is 16.9. The first-order valence-corrected chi connectivity index (χ1v) is 16.9. The number of para-hydroxylation sites is 3. The second-order valence-corrected chi connectivity index (χ2v) is 12.7. The highest BCUT2D eigenvalue weighted by Crippen LogP contribution is 2.37. The van der Waals surface area contributed by atoms with Crippen LogP contribution in [-0.4, -0.2) is 19.1 Å². The molecule has 0 aliphatic carbocycles. The summed E-state index contributed by atoms with van der Waals surface area (Å²) in [5, 5.41) is 4.87. The van der Waals surface area contributed by atoms with E-state index in [1.807, 2.05) is 30.5 Å². The van der Waals surface area contributed by atoms with Crippen LogP contribution in [0.3, 0.4) is 0 Å². The lowest BCUT2D eigenvalue weighted by molar-refractivity contribution is 0.992. The van der Waals surface area contributed by atoms with Gasteiger partial charge in [0.25, 0.3) is 0 Å². The van der Waals surface area contributed by atoms with Crippen LogP contribution in [0.25, 0.3) is 88.8 Å².